The molecule has 2 aliphatic rings. The molecule has 0 bridgehead atoms. The average Bonchev–Trinajstić information content (AvgIpc) is 3.20. The lowest BCUT2D eigenvalue weighted by atomic mass is 10.1. The molecule has 2 aromatic rings. The molecule has 1 aromatic heterocycles. The molecule has 1 saturated heterocycles. The van der Waals surface area contributed by atoms with E-state index in [0.29, 0.717) is 36.9 Å². The number of rotatable bonds is 7. The molecule has 1 aliphatic carbocycles. The minimum absolute atomic E-state index is 0.0333. The van der Waals surface area contributed by atoms with E-state index in [0.717, 1.165) is 31.6 Å². The molecule has 1 atom stereocenters. The van der Waals surface area contributed by atoms with E-state index in [1.165, 1.54) is 7.11 Å². The summed E-state index contributed by atoms with van der Waals surface area (Å²) in [6.45, 7) is 0.545. The third-order valence-electron chi connectivity index (χ3n) is 5.08. The van der Waals surface area contributed by atoms with E-state index < -0.39 is 10.0 Å². The van der Waals surface area contributed by atoms with Crippen LogP contribution in [-0.2, 0) is 16.4 Å². The van der Waals surface area contributed by atoms with Crippen LogP contribution in [0.3, 0.4) is 0 Å². The van der Waals surface area contributed by atoms with Gasteiger partial charge in [-0.05, 0) is 44.2 Å². The highest BCUT2D eigenvalue weighted by atomic mass is 32.2. The van der Waals surface area contributed by atoms with E-state index in [1.54, 1.807) is 28.6 Å². The standard InChI is InChI=1S/C18H23N3O4S/c1-24-15-5-2-6-16(12-15)26(22,23)21-11-3-4-14(21)9-10-17-19-18(25-20-17)13-7-8-13/h2,5-6,12-14H,3-4,7-11H2,1H3. The number of hydrogen-bond donors (Lipinski definition) is 0. The van der Waals surface area contributed by atoms with Crippen LogP contribution in [0.2, 0.25) is 0 Å². The number of ether oxygens (including phenoxy) is 1. The second-order valence-corrected chi connectivity index (χ2v) is 8.84. The van der Waals surface area contributed by atoms with Gasteiger partial charge in [0.1, 0.15) is 5.75 Å². The second-order valence-electron chi connectivity index (χ2n) is 6.95. The molecule has 2 heterocycles. The van der Waals surface area contributed by atoms with Gasteiger partial charge >= 0.3 is 0 Å². The highest BCUT2D eigenvalue weighted by Gasteiger charge is 2.35. The lowest BCUT2D eigenvalue weighted by Crippen LogP contribution is -2.35. The number of methoxy groups -OCH3 is 1. The van der Waals surface area contributed by atoms with Crippen molar-refractivity contribution in [2.75, 3.05) is 13.7 Å². The monoisotopic (exact) mass is 377 g/mol. The summed E-state index contributed by atoms with van der Waals surface area (Å²) in [6.07, 6.45) is 5.30. The number of hydrogen-bond acceptors (Lipinski definition) is 6. The molecule has 7 nitrogen and oxygen atoms in total. The van der Waals surface area contributed by atoms with E-state index in [-0.39, 0.29) is 10.9 Å². The van der Waals surface area contributed by atoms with Gasteiger partial charge in [0.2, 0.25) is 15.9 Å². The fraction of sp³-hybridized carbons (Fsp3) is 0.556. The molecule has 2 fully saturated rings. The zero-order chi connectivity index (χ0) is 18.1. The molecule has 8 heteroatoms. The maximum atomic E-state index is 13.0. The highest BCUT2D eigenvalue weighted by molar-refractivity contribution is 7.89. The highest BCUT2D eigenvalue weighted by Crippen LogP contribution is 2.39. The largest absolute Gasteiger partial charge is 0.497 e. The van der Waals surface area contributed by atoms with E-state index in [2.05, 4.69) is 10.1 Å². The van der Waals surface area contributed by atoms with Gasteiger partial charge in [0, 0.05) is 31.0 Å². The van der Waals surface area contributed by atoms with Gasteiger partial charge < -0.3 is 9.26 Å². The Morgan fingerprint density at radius 3 is 2.92 bits per heavy atom. The van der Waals surface area contributed by atoms with Gasteiger partial charge in [-0.1, -0.05) is 11.2 Å². The van der Waals surface area contributed by atoms with E-state index in [1.807, 2.05) is 0 Å². The molecule has 140 valence electrons. The van der Waals surface area contributed by atoms with Crippen LogP contribution in [0.15, 0.2) is 33.7 Å². The number of sulfonamides is 1. The minimum Gasteiger partial charge on any atom is -0.497 e. The van der Waals surface area contributed by atoms with Crippen LogP contribution in [0.25, 0.3) is 0 Å². The van der Waals surface area contributed by atoms with Gasteiger partial charge in [-0.2, -0.15) is 9.29 Å². The fourth-order valence-corrected chi connectivity index (χ4v) is 5.23. The SMILES string of the molecule is COc1cccc(S(=O)(=O)N2CCCC2CCc2noc(C3CC3)n2)c1. The molecule has 0 radical (unpaired) electrons. The van der Waals surface area contributed by atoms with Crippen molar-refractivity contribution in [3.8, 4) is 5.75 Å². The molecule has 1 aliphatic heterocycles. The van der Waals surface area contributed by atoms with Crippen LogP contribution >= 0.6 is 0 Å². The van der Waals surface area contributed by atoms with Crippen LogP contribution in [0, 0.1) is 0 Å². The van der Waals surface area contributed by atoms with Crippen LogP contribution in [0.4, 0.5) is 0 Å². The predicted molar refractivity (Wildman–Crippen MR) is 94.5 cm³/mol. The molecular formula is C18H23N3O4S. The maximum Gasteiger partial charge on any atom is 0.243 e. The Balaban J connectivity index is 1.46. The molecule has 1 unspecified atom stereocenters. The Morgan fingerprint density at radius 2 is 2.15 bits per heavy atom. The predicted octanol–water partition coefficient (Wildman–Crippen LogP) is 2.74. The van der Waals surface area contributed by atoms with Crippen molar-refractivity contribution in [2.45, 2.75) is 55.4 Å². The van der Waals surface area contributed by atoms with Gasteiger partial charge in [-0.3, -0.25) is 0 Å². The van der Waals surface area contributed by atoms with Gasteiger partial charge in [0.05, 0.1) is 12.0 Å². The first-order valence-corrected chi connectivity index (χ1v) is 10.5. The first-order chi connectivity index (χ1) is 12.6. The molecule has 1 aromatic carbocycles. The molecular weight excluding hydrogens is 354 g/mol. The summed E-state index contributed by atoms with van der Waals surface area (Å²) in [5.74, 6) is 2.39. The zero-order valence-corrected chi connectivity index (χ0v) is 15.6. The summed E-state index contributed by atoms with van der Waals surface area (Å²) in [5, 5.41) is 4.04. The van der Waals surface area contributed by atoms with E-state index in [9.17, 15) is 8.42 Å². The number of aryl methyl sites for hydroxylation is 1. The quantitative estimate of drug-likeness (QED) is 0.737. The van der Waals surface area contributed by atoms with Crippen molar-refractivity contribution < 1.29 is 17.7 Å². The Morgan fingerprint density at radius 1 is 1.31 bits per heavy atom. The van der Waals surface area contributed by atoms with Gasteiger partial charge in [-0.15, -0.1) is 0 Å². The summed E-state index contributed by atoms with van der Waals surface area (Å²) in [6, 6.07) is 6.61. The average molecular weight is 377 g/mol. The zero-order valence-electron chi connectivity index (χ0n) is 14.8. The summed E-state index contributed by atoms with van der Waals surface area (Å²) < 4.78 is 38.2. The summed E-state index contributed by atoms with van der Waals surface area (Å²) in [7, 11) is -2.00. The molecule has 4 rings (SSSR count). The molecule has 26 heavy (non-hydrogen) atoms. The number of nitrogens with zero attached hydrogens (tertiary/aromatic N) is 3. The third kappa shape index (κ3) is 3.48. The van der Waals surface area contributed by atoms with Crippen molar-refractivity contribution >= 4 is 10.0 Å². The lowest BCUT2D eigenvalue weighted by molar-refractivity contribution is 0.357. The smallest absolute Gasteiger partial charge is 0.243 e. The topological polar surface area (TPSA) is 85.5 Å². The van der Waals surface area contributed by atoms with E-state index >= 15 is 0 Å². The summed E-state index contributed by atoms with van der Waals surface area (Å²) in [4.78, 5) is 4.72. The van der Waals surface area contributed by atoms with Crippen LogP contribution in [0.5, 0.6) is 5.75 Å². The summed E-state index contributed by atoms with van der Waals surface area (Å²) >= 11 is 0. The first-order valence-electron chi connectivity index (χ1n) is 9.06. The lowest BCUT2D eigenvalue weighted by Gasteiger charge is -2.24. The summed E-state index contributed by atoms with van der Waals surface area (Å²) in [5.41, 5.74) is 0. The van der Waals surface area contributed by atoms with Crippen molar-refractivity contribution in [1.29, 1.82) is 0 Å². The minimum atomic E-state index is -3.53. The Hall–Kier alpha value is -1.93. The van der Waals surface area contributed by atoms with Crippen molar-refractivity contribution in [1.82, 2.24) is 14.4 Å². The van der Waals surface area contributed by atoms with E-state index in [4.69, 9.17) is 9.26 Å². The van der Waals surface area contributed by atoms with Gasteiger partial charge in [-0.25, -0.2) is 8.42 Å². The molecule has 1 saturated carbocycles. The number of benzene rings is 1. The van der Waals surface area contributed by atoms with Crippen LogP contribution in [-0.4, -0.2) is 42.6 Å². The van der Waals surface area contributed by atoms with Crippen molar-refractivity contribution in [2.24, 2.45) is 0 Å². The normalized spacial score (nSPS) is 21.2. The molecule has 0 N–H and O–H groups in total. The van der Waals surface area contributed by atoms with Gasteiger partial charge in [0.25, 0.3) is 0 Å². The first kappa shape index (κ1) is 17.5. The molecule has 0 amide bonds. The Kier molecular flexibility index (Phi) is 4.71. The molecule has 0 spiro atoms. The third-order valence-corrected chi connectivity index (χ3v) is 7.03. The number of aromatic nitrogens is 2. The van der Waals surface area contributed by atoms with Crippen molar-refractivity contribution in [3.63, 3.8) is 0 Å². The van der Waals surface area contributed by atoms with Gasteiger partial charge in [0.15, 0.2) is 5.82 Å². The van der Waals surface area contributed by atoms with Crippen LogP contribution < -0.4 is 4.74 Å². The second kappa shape index (κ2) is 7.00. The maximum absolute atomic E-state index is 13.0. The van der Waals surface area contributed by atoms with Crippen LogP contribution in [0.1, 0.15) is 49.7 Å². The van der Waals surface area contributed by atoms with Crippen molar-refractivity contribution in [3.05, 3.63) is 36.0 Å². The Bertz CT molecular complexity index is 876. The fourth-order valence-electron chi connectivity index (χ4n) is 3.47. The Labute approximate surface area is 153 Å².